The number of thiocarbonyl (C=S) groups is 1. The van der Waals surface area contributed by atoms with Crippen LogP contribution in [-0.2, 0) is 14.8 Å². The molecule has 1 rings (SSSR count). The van der Waals surface area contributed by atoms with Gasteiger partial charge in [0.2, 0.25) is 0 Å². The van der Waals surface area contributed by atoms with Gasteiger partial charge in [0, 0.05) is 0 Å². The molecule has 0 heterocycles. The Kier molecular flexibility index (Phi) is 5.42. The molecule has 0 aromatic heterocycles. The first-order chi connectivity index (χ1) is 9.35. The molecule has 1 amide bonds. The predicted octanol–water partition coefficient (Wildman–Crippen LogP) is 0.0927. The molecule has 9 heteroatoms. The zero-order valence-electron chi connectivity index (χ0n) is 10.5. The zero-order valence-corrected chi connectivity index (χ0v) is 12.1. The van der Waals surface area contributed by atoms with Crippen molar-refractivity contribution in [1.82, 2.24) is 15.6 Å². The molecular weight excluding hydrogens is 300 g/mol. The number of amides is 1. The number of benzene rings is 1. The number of carbonyl (C=O) groups excluding carboxylic acids is 1. The number of hydrogen-bond donors (Lipinski definition) is 3. The number of hydrogen-bond acceptors (Lipinski definition) is 5. The third kappa shape index (κ3) is 4.83. The molecule has 0 spiro atoms. The Morgan fingerprint density at radius 1 is 1.30 bits per heavy atom. The maximum Gasteiger partial charge on any atom is 0.263 e. The topological polar surface area (TPSA) is 111 Å². The molecule has 0 bridgehead atoms. The summed E-state index contributed by atoms with van der Waals surface area (Å²) < 4.78 is 25.9. The van der Waals surface area contributed by atoms with Crippen LogP contribution in [0.2, 0.25) is 0 Å². The van der Waals surface area contributed by atoms with Crippen LogP contribution in [-0.4, -0.2) is 19.4 Å². The lowest BCUT2D eigenvalue weighted by Crippen LogP contribution is -2.48. The van der Waals surface area contributed by atoms with Crippen molar-refractivity contribution in [3.8, 4) is 6.07 Å². The molecule has 0 saturated carbocycles. The van der Waals surface area contributed by atoms with E-state index in [0.29, 0.717) is 0 Å². The van der Waals surface area contributed by atoms with Gasteiger partial charge in [-0.05, 0) is 31.3 Å². The Bertz CT molecular complexity index is 647. The van der Waals surface area contributed by atoms with Crippen molar-refractivity contribution in [2.24, 2.45) is 0 Å². The lowest BCUT2D eigenvalue weighted by molar-refractivity contribution is -0.120. The van der Waals surface area contributed by atoms with Crippen molar-refractivity contribution in [1.29, 1.82) is 5.26 Å². The highest BCUT2D eigenvalue weighted by atomic mass is 32.2. The monoisotopic (exact) mass is 312 g/mol. The van der Waals surface area contributed by atoms with Crippen LogP contribution in [0, 0.1) is 18.3 Å². The van der Waals surface area contributed by atoms with Gasteiger partial charge in [0.25, 0.3) is 15.9 Å². The van der Waals surface area contributed by atoms with Gasteiger partial charge in [0.1, 0.15) is 6.42 Å². The molecular formula is C11H12N4O3S2. The largest absolute Gasteiger partial charge is 0.274 e. The minimum Gasteiger partial charge on any atom is -0.274 e. The summed E-state index contributed by atoms with van der Waals surface area (Å²) in [5.74, 6) is -0.621. The van der Waals surface area contributed by atoms with E-state index in [1.807, 2.05) is 6.92 Å². The molecule has 0 atom stereocenters. The maximum absolute atomic E-state index is 11.9. The zero-order chi connectivity index (χ0) is 15.2. The third-order valence-electron chi connectivity index (χ3n) is 2.11. The molecule has 0 aliphatic rings. The first kappa shape index (κ1) is 15.9. The maximum atomic E-state index is 11.9. The Morgan fingerprint density at radius 2 is 1.90 bits per heavy atom. The Morgan fingerprint density at radius 3 is 2.45 bits per heavy atom. The summed E-state index contributed by atoms with van der Waals surface area (Å²) in [5, 5.41) is 7.98. The van der Waals surface area contributed by atoms with Crippen LogP contribution in [0.25, 0.3) is 0 Å². The van der Waals surface area contributed by atoms with Gasteiger partial charge in [-0.25, -0.2) is 8.42 Å². The van der Waals surface area contributed by atoms with E-state index in [-0.39, 0.29) is 16.4 Å². The summed E-state index contributed by atoms with van der Waals surface area (Å²) in [7, 11) is -3.81. The van der Waals surface area contributed by atoms with Crippen LogP contribution in [0.1, 0.15) is 12.0 Å². The molecule has 0 aliphatic carbocycles. The predicted molar refractivity (Wildman–Crippen MR) is 75.6 cm³/mol. The van der Waals surface area contributed by atoms with E-state index in [0.717, 1.165) is 5.56 Å². The van der Waals surface area contributed by atoms with Crippen molar-refractivity contribution < 1.29 is 13.2 Å². The second kappa shape index (κ2) is 6.83. The number of sulfonamides is 1. The summed E-state index contributed by atoms with van der Waals surface area (Å²) in [6.45, 7) is 1.83. The molecule has 0 unspecified atom stereocenters. The van der Waals surface area contributed by atoms with Gasteiger partial charge < -0.3 is 0 Å². The van der Waals surface area contributed by atoms with Crippen LogP contribution in [0.3, 0.4) is 0 Å². The molecule has 7 nitrogen and oxygen atoms in total. The Balaban J connectivity index is 2.63. The summed E-state index contributed by atoms with van der Waals surface area (Å²) in [6.07, 6.45) is -0.361. The van der Waals surface area contributed by atoms with Crippen LogP contribution >= 0.6 is 12.2 Å². The van der Waals surface area contributed by atoms with E-state index < -0.39 is 15.9 Å². The van der Waals surface area contributed by atoms with Crippen LogP contribution in [0.5, 0.6) is 0 Å². The highest BCUT2D eigenvalue weighted by molar-refractivity contribution is 7.91. The van der Waals surface area contributed by atoms with E-state index >= 15 is 0 Å². The minimum absolute atomic E-state index is 0.0515. The van der Waals surface area contributed by atoms with Crippen molar-refractivity contribution in [2.75, 3.05) is 0 Å². The molecule has 106 valence electrons. The Labute approximate surface area is 122 Å². The Hall–Kier alpha value is -2.18. The quantitative estimate of drug-likeness (QED) is 0.539. The SMILES string of the molecule is Cc1ccc(S(=O)(=O)NC(=S)NNC(=O)CC#N)cc1. The van der Waals surface area contributed by atoms with Gasteiger partial charge in [0.05, 0.1) is 11.0 Å². The number of nitrogens with zero attached hydrogens (tertiary/aromatic N) is 1. The van der Waals surface area contributed by atoms with Gasteiger partial charge in [-0.1, -0.05) is 17.7 Å². The van der Waals surface area contributed by atoms with Crippen LogP contribution in [0.15, 0.2) is 29.2 Å². The second-order valence-corrected chi connectivity index (χ2v) is 5.85. The van der Waals surface area contributed by atoms with Crippen molar-refractivity contribution >= 4 is 33.3 Å². The van der Waals surface area contributed by atoms with Crippen molar-refractivity contribution in [3.05, 3.63) is 29.8 Å². The smallest absolute Gasteiger partial charge is 0.263 e. The number of rotatable bonds is 3. The van der Waals surface area contributed by atoms with Crippen LogP contribution < -0.4 is 15.6 Å². The molecule has 0 aliphatic heterocycles. The number of nitriles is 1. The molecule has 1 aromatic rings. The minimum atomic E-state index is -3.81. The van der Waals surface area contributed by atoms with Gasteiger partial charge in [-0.15, -0.1) is 0 Å². The standard InChI is InChI=1S/C11H12N4O3S2/c1-8-2-4-9(5-3-8)20(17,18)15-11(19)14-13-10(16)6-7-12/h2-5H,6H2,1H3,(H,13,16)(H2,14,15,19). The van der Waals surface area contributed by atoms with E-state index in [2.05, 4.69) is 15.6 Å². The van der Waals surface area contributed by atoms with Gasteiger partial charge >= 0.3 is 0 Å². The fraction of sp³-hybridized carbons (Fsp3) is 0.182. The first-order valence-corrected chi connectivity index (χ1v) is 7.29. The van der Waals surface area contributed by atoms with E-state index in [1.54, 1.807) is 18.2 Å². The average molecular weight is 312 g/mol. The summed E-state index contributed by atoms with van der Waals surface area (Å²) in [6, 6.07) is 7.82. The molecule has 0 saturated heterocycles. The van der Waals surface area contributed by atoms with Crippen molar-refractivity contribution in [2.45, 2.75) is 18.2 Å². The number of aryl methyl sites for hydroxylation is 1. The molecule has 3 N–H and O–H groups in total. The first-order valence-electron chi connectivity index (χ1n) is 5.40. The molecule has 20 heavy (non-hydrogen) atoms. The average Bonchev–Trinajstić information content (AvgIpc) is 2.37. The summed E-state index contributed by atoms with van der Waals surface area (Å²) in [4.78, 5) is 11.0. The number of carbonyl (C=O) groups is 1. The summed E-state index contributed by atoms with van der Waals surface area (Å²) in [5.41, 5.74) is 5.21. The second-order valence-electron chi connectivity index (χ2n) is 3.76. The number of hydrazine groups is 1. The van der Waals surface area contributed by atoms with E-state index in [1.165, 1.54) is 12.1 Å². The molecule has 1 aromatic carbocycles. The van der Waals surface area contributed by atoms with E-state index in [4.69, 9.17) is 17.5 Å². The van der Waals surface area contributed by atoms with Gasteiger partial charge in [0.15, 0.2) is 5.11 Å². The number of nitrogens with one attached hydrogen (secondary N) is 3. The fourth-order valence-corrected chi connectivity index (χ4v) is 2.45. The van der Waals surface area contributed by atoms with Crippen molar-refractivity contribution in [3.63, 3.8) is 0 Å². The highest BCUT2D eigenvalue weighted by Gasteiger charge is 2.15. The summed E-state index contributed by atoms with van der Waals surface area (Å²) >= 11 is 4.73. The van der Waals surface area contributed by atoms with E-state index in [9.17, 15) is 13.2 Å². The fourth-order valence-electron chi connectivity index (χ4n) is 1.17. The molecule has 0 fully saturated rings. The normalized spacial score (nSPS) is 10.2. The van der Waals surface area contributed by atoms with Crippen LogP contribution in [0.4, 0.5) is 0 Å². The lowest BCUT2D eigenvalue weighted by Gasteiger charge is -2.11. The highest BCUT2D eigenvalue weighted by Crippen LogP contribution is 2.09. The van der Waals surface area contributed by atoms with Gasteiger partial charge in [-0.2, -0.15) is 5.26 Å². The third-order valence-corrected chi connectivity index (χ3v) is 3.81. The lowest BCUT2D eigenvalue weighted by atomic mass is 10.2. The molecule has 0 radical (unpaired) electrons. The van der Waals surface area contributed by atoms with Gasteiger partial charge in [-0.3, -0.25) is 20.4 Å².